The average molecular weight is 429 g/mol. The van der Waals surface area contributed by atoms with Gasteiger partial charge in [-0.2, -0.15) is 0 Å². The highest BCUT2D eigenvalue weighted by atomic mass is 35.5. The lowest BCUT2D eigenvalue weighted by molar-refractivity contribution is -0.116. The molecule has 0 saturated heterocycles. The third-order valence-corrected chi connectivity index (χ3v) is 4.72. The first-order chi connectivity index (χ1) is 12.9. The summed E-state index contributed by atoms with van der Waals surface area (Å²) in [6.07, 6.45) is 2.01. The Balaban J connectivity index is 0.00000392. The lowest BCUT2D eigenvalue weighted by atomic mass is 10.2. The molecular formula is C19H25ClN2O5S. The Morgan fingerprint density at radius 2 is 1.50 bits per heavy atom. The quantitative estimate of drug-likeness (QED) is 0.563. The maximum absolute atomic E-state index is 12.0. The fraction of sp³-hybridized carbons (Fsp3) is 0.316. The highest BCUT2D eigenvalue weighted by molar-refractivity contribution is 7.90. The SMILES string of the molecule is CS(=O)(=O)c1ccc(OCCCC(=O)Nc2ccc(OCCN)cc2)cc1.Cl. The van der Waals surface area contributed by atoms with Crippen LogP contribution in [0.1, 0.15) is 12.8 Å². The van der Waals surface area contributed by atoms with E-state index in [4.69, 9.17) is 15.2 Å². The minimum absolute atomic E-state index is 0. The molecule has 0 spiro atoms. The van der Waals surface area contributed by atoms with Gasteiger partial charge in [0.05, 0.1) is 11.5 Å². The summed E-state index contributed by atoms with van der Waals surface area (Å²) in [6.45, 7) is 1.25. The number of carbonyl (C=O) groups is 1. The van der Waals surface area contributed by atoms with E-state index in [1.165, 1.54) is 12.1 Å². The zero-order chi connectivity index (χ0) is 19.7. The van der Waals surface area contributed by atoms with E-state index in [-0.39, 0.29) is 23.2 Å². The molecule has 154 valence electrons. The number of rotatable bonds is 10. The number of halogens is 1. The van der Waals surface area contributed by atoms with Crippen molar-refractivity contribution in [3.63, 3.8) is 0 Å². The number of carbonyl (C=O) groups excluding carboxylic acids is 1. The predicted molar refractivity (Wildman–Crippen MR) is 111 cm³/mol. The Hall–Kier alpha value is -2.29. The molecule has 2 rings (SSSR count). The lowest BCUT2D eigenvalue weighted by Crippen LogP contribution is -2.13. The van der Waals surface area contributed by atoms with Gasteiger partial charge in [-0.3, -0.25) is 4.79 Å². The summed E-state index contributed by atoms with van der Waals surface area (Å²) in [4.78, 5) is 12.2. The molecule has 0 heterocycles. The average Bonchev–Trinajstić information content (AvgIpc) is 2.64. The molecule has 2 aromatic carbocycles. The molecule has 0 fully saturated rings. The van der Waals surface area contributed by atoms with Crippen LogP contribution in [0.15, 0.2) is 53.4 Å². The first kappa shape index (κ1) is 23.7. The molecule has 0 aliphatic rings. The summed E-state index contributed by atoms with van der Waals surface area (Å²) >= 11 is 0. The van der Waals surface area contributed by atoms with Crippen LogP contribution in [0.4, 0.5) is 5.69 Å². The second-order valence-corrected chi connectivity index (χ2v) is 7.92. The number of ether oxygens (including phenoxy) is 2. The van der Waals surface area contributed by atoms with Gasteiger partial charge >= 0.3 is 0 Å². The summed E-state index contributed by atoms with van der Waals surface area (Å²) in [5.74, 6) is 1.16. The van der Waals surface area contributed by atoms with E-state index in [2.05, 4.69) is 5.32 Å². The van der Waals surface area contributed by atoms with E-state index in [0.29, 0.717) is 49.8 Å². The predicted octanol–water partition coefficient (Wildman–Crippen LogP) is 2.65. The number of anilines is 1. The van der Waals surface area contributed by atoms with Crippen molar-refractivity contribution in [2.24, 2.45) is 5.73 Å². The summed E-state index contributed by atoms with van der Waals surface area (Å²) < 4.78 is 33.7. The summed E-state index contributed by atoms with van der Waals surface area (Å²) in [7, 11) is -3.22. The Bertz CT molecular complexity index is 840. The van der Waals surface area contributed by atoms with Gasteiger partial charge in [-0.15, -0.1) is 12.4 Å². The zero-order valence-electron chi connectivity index (χ0n) is 15.6. The monoisotopic (exact) mass is 428 g/mol. The molecule has 2 aromatic rings. The molecule has 1 amide bonds. The summed E-state index contributed by atoms with van der Waals surface area (Å²) in [6, 6.07) is 13.3. The fourth-order valence-electron chi connectivity index (χ4n) is 2.24. The van der Waals surface area contributed by atoms with Crippen molar-refractivity contribution in [1.29, 1.82) is 0 Å². The Morgan fingerprint density at radius 1 is 0.964 bits per heavy atom. The molecule has 9 heteroatoms. The molecule has 0 aliphatic heterocycles. The zero-order valence-corrected chi connectivity index (χ0v) is 17.2. The second-order valence-electron chi connectivity index (χ2n) is 5.91. The van der Waals surface area contributed by atoms with Crippen molar-refractivity contribution in [3.05, 3.63) is 48.5 Å². The van der Waals surface area contributed by atoms with Gasteiger partial charge < -0.3 is 20.5 Å². The minimum Gasteiger partial charge on any atom is -0.494 e. The Labute approximate surface area is 171 Å². The number of hydrogen-bond donors (Lipinski definition) is 2. The van der Waals surface area contributed by atoms with E-state index < -0.39 is 9.84 Å². The Morgan fingerprint density at radius 3 is 2.04 bits per heavy atom. The van der Waals surface area contributed by atoms with Gasteiger partial charge in [0.25, 0.3) is 0 Å². The van der Waals surface area contributed by atoms with Crippen LogP contribution in [0, 0.1) is 0 Å². The molecule has 28 heavy (non-hydrogen) atoms. The lowest BCUT2D eigenvalue weighted by Gasteiger charge is -2.09. The first-order valence-electron chi connectivity index (χ1n) is 8.54. The number of nitrogens with two attached hydrogens (primary N) is 1. The van der Waals surface area contributed by atoms with Crippen molar-refractivity contribution in [2.45, 2.75) is 17.7 Å². The van der Waals surface area contributed by atoms with Gasteiger partial charge in [0.2, 0.25) is 5.91 Å². The molecule has 0 bridgehead atoms. The topological polar surface area (TPSA) is 108 Å². The standard InChI is InChI=1S/C19H24N2O5S.ClH/c1-27(23,24)18-10-8-17(9-11-18)25-13-2-3-19(22)21-15-4-6-16(7-5-15)26-14-12-20;/h4-11H,2-3,12-14,20H2,1H3,(H,21,22);1H. The van der Waals surface area contributed by atoms with Crippen LogP contribution in [0.5, 0.6) is 11.5 Å². The highest BCUT2D eigenvalue weighted by Crippen LogP contribution is 2.17. The maximum Gasteiger partial charge on any atom is 0.224 e. The molecular weight excluding hydrogens is 404 g/mol. The third-order valence-electron chi connectivity index (χ3n) is 3.59. The third kappa shape index (κ3) is 8.16. The molecule has 0 unspecified atom stereocenters. The number of sulfone groups is 1. The van der Waals surface area contributed by atoms with Gasteiger partial charge in [0, 0.05) is 24.9 Å². The minimum atomic E-state index is -3.22. The highest BCUT2D eigenvalue weighted by Gasteiger charge is 2.07. The molecule has 3 N–H and O–H groups in total. The van der Waals surface area contributed by atoms with Crippen molar-refractivity contribution >= 4 is 33.8 Å². The van der Waals surface area contributed by atoms with Crippen molar-refractivity contribution in [1.82, 2.24) is 0 Å². The van der Waals surface area contributed by atoms with E-state index in [1.54, 1.807) is 36.4 Å². The number of hydrogen-bond acceptors (Lipinski definition) is 6. The number of benzene rings is 2. The van der Waals surface area contributed by atoms with Gasteiger partial charge in [-0.25, -0.2) is 8.42 Å². The van der Waals surface area contributed by atoms with Crippen molar-refractivity contribution < 1.29 is 22.7 Å². The fourth-order valence-corrected chi connectivity index (χ4v) is 2.87. The van der Waals surface area contributed by atoms with Crippen LogP contribution in [-0.2, 0) is 14.6 Å². The van der Waals surface area contributed by atoms with Gasteiger partial charge in [0.15, 0.2) is 9.84 Å². The number of nitrogens with one attached hydrogen (secondary N) is 1. The van der Waals surface area contributed by atoms with Gasteiger partial charge in [-0.05, 0) is 55.0 Å². The normalized spacial score (nSPS) is 10.6. The van der Waals surface area contributed by atoms with Crippen LogP contribution in [-0.4, -0.2) is 40.3 Å². The van der Waals surface area contributed by atoms with E-state index in [9.17, 15) is 13.2 Å². The van der Waals surface area contributed by atoms with E-state index >= 15 is 0 Å². The van der Waals surface area contributed by atoms with Crippen LogP contribution in [0.2, 0.25) is 0 Å². The molecule has 0 atom stereocenters. The van der Waals surface area contributed by atoms with Crippen molar-refractivity contribution in [3.8, 4) is 11.5 Å². The summed E-state index contributed by atoms with van der Waals surface area (Å²) in [5.41, 5.74) is 6.07. The smallest absolute Gasteiger partial charge is 0.224 e. The van der Waals surface area contributed by atoms with Gasteiger partial charge in [-0.1, -0.05) is 0 Å². The molecule has 0 aromatic heterocycles. The molecule has 0 radical (unpaired) electrons. The van der Waals surface area contributed by atoms with Crippen LogP contribution >= 0.6 is 12.4 Å². The first-order valence-corrected chi connectivity index (χ1v) is 10.4. The van der Waals surface area contributed by atoms with E-state index in [0.717, 1.165) is 6.26 Å². The van der Waals surface area contributed by atoms with Crippen molar-refractivity contribution in [2.75, 3.05) is 31.3 Å². The second kappa shape index (κ2) is 11.5. The maximum atomic E-state index is 12.0. The van der Waals surface area contributed by atoms with Crippen LogP contribution < -0.4 is 20.5 Å². The molecule has 0 saturated carbocycles. The largest absolute Gasteiger partial charge is 0.494 e. The number of amides is 1. The van der Waals surface area contributed by atoms with Gasteiger partial charge in [0.1, 0.15) is 18.1 Å². The molecule has 0 aliphatic carbocycles. The molecule has 7 nitrogen and oxygen atoms in total. The van der Waals surface area contributed by atoms with Crippen LogP contribution in [0.3, 0.4) is 0 Å². The summed E-state index contributed by atoms with van der Waals surface area (Å²) in [5, 5.41) is 2.81. The van der Waals surface area contributed by atoms with E-state index in [1.807, 2.05) is 0 Å². The van der Waals surface area contributed by atoms with Crippen LogP contribution in [0.25, 0.3) is 0 Å². The Kier molecular flexibility index (Phi) is 9.78.